The lowest BCUT2D eigenvalue weighted by atomic mass is 10.1. The molecule has 7 nitrogen and oxygen atoms in total. The normalized spacial score (nSPS) is 14.5. The molecule has 1 aliphatic heterocycles. The van der Waals surface area contributed by atoms with E-state index >= 15 is 0 Å². The van der Waals surface area contributed by atoms with Crippen molar-refractivity contribution >= 4 is 29.4 Å². The zero-order valence-electron chi connectivity index (χ0n) is 13.8. The van der Waals surface area contributed by atoms with Crippen molar-refractivity contribution in [2.45, 2.75) is 13.1 Å². The van der Waals surface area contributed by atoms with Gasteiger partial charge in [0.15, 0.2) is 11.6 Å². The van der Waals surface area contributed by atoms with Gasteiger partial charge < -0.3 is 15.2 Å². The lowest BCUT2D eigenvalue weighted by Crippen LogP contribution is -2.39. The molecule has 1 aromatic heterocycles. The van der Waals surface area contributed by atoms with Crippen LogP contribution in [0, 0.1) is 5.82 Å². The molecular weight excluding hydrogens is 359 g/mol. The molecule has 2 aromatic rings. The molecule has 0 radical (unpaired) electrons. The molecule has 2 heterocycles. The van der Waals surface area contributed by atoms with Crippen molar-refractivity contribution in [3.8, 4) is 0 Å². The Kier molecular flexibility index (Phi) is 5.13. The molecule has 0 unspecified atom stereocenters. The SMILES string of the molecule is C=C/C=N\C=C(/N)c1nnc2n1CCN(C(=O)c1ccc(Cl)cc1F)C2. The number of hydrogen-bond acceptors (Lipinski definition) is 5. The van der Waals surface area contributed by atoms with Gasteiger partial charge in [-0.1, -0.05) is 24.3 Å². The lowest BCUT2D eigenvalue weighted by molar-refractivity contribution is 0.0702. The van der Waals surface area contributed by atoms with Crippen LogP contribution in [0.15, 0.2) is 42.0 Å². The Hall–Kier alpha value is -3.00. The quantitative estimate of drug-likeness (QED) is 0.831. The third-order valence-electron chi connectivity index (χ3n) is 3.87. The Bertz CT molecular complexity index is 920. The van der Waals surface area contributed by atoms with Crippen LogP contribution in [0.4, 0.5) is 4.39 Å². The average molecular weight is 375 g/mol. The lowest BCUT2D eigenvalue weighted by Gasteiger charge is -2.28. The van der Waals surface area contributed by atoms with E-state index in [2.05, 4.69) is 21.8 Å². The Morgan fingerprint density at radius 1 is 1.38 bits per heavy atom. The molecule has 1 aromatic carbocycles. The van der Waals surface area contributed by atoms with Gasteiger partial charge in [-0.15, -0.1) is 10.2 Å². The van der Waals surface area contributed by atoms with Crippen LogP contribution in [0.5, 0.6) is 0 Å². The number of nitrogens with zero attached hydrogens (tertiary/aromatic N) is 5. The predicted molar refractivity (Wildman–Crippen MR) is 97.0 cm³/mol. The average Bonchev–Trinajstić information content (AvgIpc) is 3.04. The first-order chi connectivity index (χ1) is 12.5. The summed E-state index contributed by atoms with van der Waals surface area (Å²) in [6.07, 6.45) is 4.49. The smallest absolute Gasteiger partial charge is 0.257 e. The second kappa shape index (κ2) is 7.49. The molecule has 1 aliphatic rings. The third-order valence-corrected chi connectivity index (χ3v) is 4.10. The third kappa shape index (κ3) is 3.50. The Morgan fingerprint density at radius 3 is 2.92 bits per heavy atom. The van der Waals surface area contributed by atoms with E-state index in [-0.39, 0.29) is 17.1 Å². The number of aliphatic imine (C=N–C) groups is 1. The molecule has 2 N–H and O–H groups in total. The molecule has 3 rings (SSSR count). The molecular formula is C17H16ClFN6O. The van der Waals surface area contributed by atoms with Crippen molar-refractivity contribution in [2.24, 2.45) is 10.7 Å². The minimum absolute atomic E-state index is 0.0271. The highest BCUT2D eigenvalue weighted by Gasteiger charge is 2.27. The maximum atomic E-state index is 14.0. The summed E-state index contributed by atoms with van der Waals surface area (Å²) in [7, 11) is 0. The van der Waals surface area contributed by atoms with Crippen LogP contribution in [-0.4, -0.2) is 38.3 Å². The summed E-state index contributed by atoms with van der Waals surface area (Å²) in [5.41, 5.74) is 6.30. The number of hydrogen-bond donors (Lipinski definition) is 1. The van der Waals surface area contributed by atoms with Gasteiger partial charge in [-0.2, -0.15) is 0 Å². The second-order valence-corrected chi connectivity index (χ2v) is 6.00. The van der Waals surface area contributed by atoms with Gasteiger partial charge in [0.1, 0.15) is 5.82 Å². The molecule has 0 saturated heterocycles. The number of allylic oxidation sites excluding steroid dienone is 1. The number of halogens is 2. The van der Waals surface area contributed by atoms with Crippen molar-refractivity contribution in [1.82, 2.24) is 19.7 Å². The minimum Gasteiger partial charge on any atom is -0.394 e. The van der Waals surface area contributed by atoms with Crippen LogP contribution in [0.25, 0.3) is 5.70 Å². The topological polar surface area (TPSA) is 89.4 Å². The fourth-order valence-electron chi connectivity index (χ4n) is 2.62. The highest BCUT2D eigenvalue weighted by molar-refractivity contribution is 6.30. The van der Waals surface area contributed by atoms with Crippen molar-refractivity contribution in [1.29, 1.82) is 0 Å². The summed E-state index contributed by atoms with van der Waals surface area (Å²) in [6.45, 7) is 4.55. The number of amides is 1. The van der Waals surface area contributed by atoms with Crippen LogP contribution in [0.2, 0.25) is 5.02 Å². The van der Waals surface area contributed by atoms with Crippen molar-refractivity contribution in [3.05, 3.63) is 65.1 Å². The summed E-state index contributed by atoms with van der Waals surface area (Å²) < 4.78 is 15.8. The number of benzene rings is 1. The summed E-state index contributed by atoms with van der Waals surface area (Å²) >= 11 is 5.73. The minimum atomic E-state index is -0.650. The molecule has 26 heavy (non-hydrogen) atoms. The first kappa shape index (κ1) is 17.8. The van der Waals surface area contributed by atoms with E-state index in [0.717, 1.165) is 6.07 Å². The van der Waals surface area contributed by atoms with Gasteiger partial charge in [0.05, 0.1) is 24.0 Å². The fraction of sp³-hybridized carbons (Fsp3) is 0.176. The Morgan fingerprint density at radius 2 is 2.19 bits per heavy atom. The summed E-state index contributed by atoms with van der Waals surface area (Å²) in [5.74, 6) is -0.0273. The van der Waals surface area contributed by atoms with E-state index < -0.39 is 11.7 Å². The zero-order valence-corrected chi connectivity index (χ0v) is 14.5. The molecule has 0 fully saturated rings. The summed E-state index contributed by atoms with van der Waals surface area (Å²) in [4.78, 5) is 18.1. The number of aromatic nitrogens is 3. The maximum absolute atomic E-state index is 14.0. The van der Waals surface area contributed by atoms with Gasteiger partial charge in [-0.3, -0.25) is 9.79 Å². The van der Waals surface area contributed by atoms with Crippen LogP contribution < -0.4 is 5.73 Å². The number of nitrogens with two attached hydrogens (primary N) is 1. The van der Waals surface area contributed by atoms with Gasteiger partial charge in [-0.05, 0) is 18.2 Å². The van der Waals surface area contributed by atoms with Crippen LogP contribution in [0.1, 0.15) is 22.0 Å². The van der Waals surface area contributed by atoms with Gasteiger partial charge in [-0.25, -0.2) is 4.39 Å². The molecule has 0 bridgehead atoms. The zero-order chi connectivity index (χ0) is 18.7. The van der Waals surface area contributed by atoms with E-state index in [1.54, 1.807) is 0 Å². The van der Waals surface area contributed by atoms with Gasteiger partial charge in [0, 0.05) is 24.3 Å². The van der Waals surface area contributed by atoms with E-state index in [0.29, 0.717) is 30.4 Å². The maximum Gasteiger partial charge on any atom is 0.257 e. The number of carbonyl (C=O) groups is 1. The largest absolute Gasteiger partial charge is 0.394 e. The molecule has 1 amide bonds. The fourth-order valence-corrected chi connectivity index (χ4v) is 2.78. The van der Waals surface area contributed by atoms with Crippen molar-refractivity contribution in [3.63, 3.8) is 0 Å². The van der Waals surface area contributed by atoms with E-state index in [4.69, 9.17) is 17.3 Å². The first-order valence-electron chi connectivity index (χ1n) is 7.78. The van der Waals surface area contributed by atoms with Crippen molar-refractivity contribution < 1.29 is 9.18 Å². The first-order valence-corrected chi connectivity index (χ1v) is 8.15. The molecule has 0 aliphatic carbocycles. The number of rotatable bonds is 4. The van der Waals surface area contributed by atoms with Crippen LogP contribution >= 0.6 is 11.6 Å². The van der Waals surface area contributed by atoms with Crippen LogP contribution in [-0.2, 0) is 13.1 Å². The Labute approximate surface area is 154 Å². The van der Waals surface area contributed by atoms with Gasteiger partial charge >= 0.3 is 0 Å². The number of fused-ring (bicyclic) bond motifs is 1. The van der Waals surface area contributed by atoms with Crippen molar-refractivity contribution in [2.75, 3.05) is 6.54 Å². The molecule has 0 saturated carbocycles. The highest BCUT2D eigenvalue weighted by atomic mass is 35.5. The Balaban J connectivity index is 1.80. The molecule has 0 spiro atoms. The van der Waals surface area contributed by atoms with E-state index in [1.807, 2.05) is 4.57 Å². The summed E-state index contributed by atoms with van der Waals surface area (Å²) in [5, 5.41) is 8.38. The van der Waals surface area contributed by atoms with Gasteiger partial charge in [0.25, 0.3) is 5.91 Å². The molecule has 9 heteroatoms. The highest BCUT2D eigenvalue weighted by Crippen LogP contribution is 2.20. The molecule has 0 atom stereocenters. The van der Waals surface area contributed by atoms with E-state index in [1.165, 1.54) is 35.5 Å². The second-order valence-electron chi connectivity index (χ2n) is 5.56. The van der Waals surface area contributed by atoms with Gasteiger partial charge in [0.2, 0.25) is 0 Å². The monoisotopic (exact) mass is 374 g/mol. The molecule has 134 valence electrons. The predicted octanol–water partition coefficient (Wildman–Crippen LogP) is 2.24. The summed E-state index contributed by atoms with van der Waals surface area (Å²) in [6, 6.07) is 3.98. The van der Waals surface area contributed by atoms with E-state index in [9.17, 15) is 9.18 Å². The standard InChI is InChI=1S/C17H16ClFN6O/c1-2-5-21-9-14(20)16-23-22-15-10-24(6-7-25(15)16)17(26)12-4-3-11(18)8-13(12)19/h2-5,8-9H,1,6-7,10,20H2/b14-9-,21-5-. The van der Waals surface area contributed by atoms with Crippen LogP contribution in [0.3, 0.4) is 0 Å². The number of carbonyl (C=O) groups excluding carboxylic acids is 1.